The summed E-state index contributed by atoms with van der Waals surface area (Å²) in [4.78, 5) is 35.2. The molecule has 0 aliphatic heterocycles. The molecule has 0 aromatic carbocycles. The van der Waals surface area contributed by atoms with Crippen molar-refractivity contribution in [3.63, 3.8) is 0 Å². The van der Waals surface area contributed by atoms with Gasteiger partial charge in [0.1, 0.15) is 6.61 Å². The zero-order valence-electron chi connectivity index (χ0n) is 50.6. The van der Waals surface area contributed by atoms with Gasteiger partial charge in [-0.25, -0.2) is 4.57 Å². The maximum Gasteiger partial charge on any atom is 0.472 e. The number of ether oxygens (including phenoxy) is 2. The lowest BCUT2D eigenvalue weighted by Gasteiger charge is -2.19. The lowest BCUT2D eigenvalue weighted by atomic mass is 10.0. The Kier molecular flexibility index (Phi) is 60.7. The van der Waals surface area contributed by atoms with Crippen LogP contribution in [0.4, 0.5) is 0 Å². The van der Waals surface area contributed by atoms with Crippen LogP contribution in [-0.4, -0.2) is 49.3 Å². The largest absolute Gasteiger partial charge is 0.472 e. The number of carbonyl (C=O) groups is 2. The van der Waals surface area contributed by atoms with Crippen LogP contribution in [0.3, 0.4) is 0 Å². The van der Waals surface area contributed by atoms with Crippen LogP contribution in [0.2, 0.25) is 0 Å². The maximum atomic E-state index is 12.7. The lowest BCUT2D eigenvalue weighted by Crippen LogP contribution is -2.29. The van der Waals surface area contributed by atoms with Crippen LogP contribution >= 0.6 is 7.82 Å². The van der Waals surface area contributed by atoms with Gasteiger partial charge in [-0.1, -0.05) is 270 Å². The van der Waals surface area contributed by atoms with E-state index < -0.39 is 26.5 Å². The highest BCUT2D eigenvalue weighted by Gasteiger charge is 2.26. The predicted molar refractivity (Wildman–Crippen MR) is 339 cm³/mol. The molecule has 0 fully saturated rings. The van der Waals surface area contributed by atoms with Crippen molar-refractivity contribution in [1.82, 2.24) is 0 Å². The van der Waals surface area contributed by atoms with Crippen molar-refractivity contribution in [2.75, 3.05) is 26.4 Å². The fourth-order valence-electron chi connectivity index (χ4n) is 8.62. The van der Waals surface area contributed by atoms with Crippen molar-refractivity contribution >= 4 is 19.8 Å². The molecular weight excluding hydrogens is 1000 g/mol. The van der Waals surface area contributed by atoms with Crippen molar-refractivity contribution < 1.29 is 37.6 Å². The van der Waals surface area contributed by atoms with Crippen LogP contribution in [0, 0.1) is 0 Å². The summed E-state index contributed by atoms with van der Waals surface area (Å²) in [6, 6.07) is 0. The van der Waals surface area contributed by atoms with Crippen molar-refractivity contribution in [1.29, 1.82) is 0 Å². The molecule has 0 rings (SSSR count). The first-order valence-electron chi connectivity index (χ1n) is 32.0. The van der Waals surface area contributed by atoms with Gasteiger partial charge in [-0.3, -0.25) is 18.6 Å². The van der Waals surface area contributed by atoms with Crippen molar-refractivity contribution in [3.8, 4) is 0 Å². The zero-order valence-corrected chi connectivity index (χ0v) is 51.5. The number of allylic oxidation sites excluding steroid dienone is 20. The molecule has 9 nitrogen and oxygen atoms in total. The Hall–Kier alpha value is -3.59. The molecule has 0 aromatic rings. The molecule has 0 aromatic heterocycles. The molecule has 2 unspecified atom stereocenters. The Morgan fingerprint density at radius 1 is 0.392 bits per heavy atom. The number of esters is 2. The summed E-state index contributed by atoms with van der Waals surface area (Å²) in [5.74, 6) is -0.833. The monoisotopic (exact) mass is 1120 g/mol. The van der Waals surface area contributed by atoms with Crippen LogP contribution in [0.5, 0.6) is 0 Å². The minimum absolute atomic E-state index is 0.0490. The summed E-state index contributed by atoms with van der Waals surface area (Å²) in [5, 5.41) is 0. The summed E-state index contributed by atoms with van der Waals surface area (Å²) in [6.07, 6.45) is 88.4. The third-order valence-electron chi connectivity index (χ3n) is 13.3. The first-order valence-corrected chi connectivity index (χ1v) is 33.5. The third-order valence-corrected chi connectivity index (χ3v) is 14.3. The average Bonchev–Trinajstić information content (AvgIpc) is 3.44. The standard InChI is InChI=1S/C69H118NO8P/c1-3-5-7-9-11-13-15-17-19-21-22-23-24-25-26-27-28-29-30-31-32-33-34-35-36-37-38-39-40-41-42-43-44-46-48-50-52-54-56-58-60-62-69(72)78-67(66-77-79(73,74)76-64-63-70)65-75-68(71)61-59-57-55-53-51-49-47-45-20-18-16-14-12-10-8-6-4-2/h5,7,11,13,17-20,22-23,25-26,28-29,31-32,34-35,37-38,67H,3-4,6,8-10,12,14-16,21,24,27,30,33,36,39-66,70H2,1-2H3,(H,73,74)/b7-5-,13-11-,19-17-,20-18-,23-22-,26-25-,29-28-,32-31-,35-34-,38-37-. The number of carbonyl (C=O) groups excluding carboxylic acids is 2. The minimum atomic E-state index is -4.39. The van der Waals surface area contributed by atoms with E-state index in [1.165, 1.54) is 128 Å². The Balaban J connectivity index is 3.91. The number of rotatable bonds is 59. The topological polar surface area (TPSA) is 134 Å². The molecular formula is C69H118NO8P. The minimum Gasteiger partial charge on any atom is -0.462 e. The van der Waals surface area contributed by atoms with Crippen LogP contribution in [-0.2, 0) is 32.7 Å². The summed E-state index contributed by atoms with van der Waals surface area (Å²) in [5.41, 5.74) is 5.39. The van der Waals surface area contributed by atoms with Crippen LogP contribution in [0.25, 0.3) is 0 Å². The number of hydrogen-bond donors (Lipinski definition) is 2. The molecule has 10 heteroatoms. The van der Waals surface area contributed by atoms with E-state index in [2.05, 4.69) is 135 Å². The molecule has 0 saturated carbocycles. The first-order chi connectivity index (χ1) is 38.8. The van der Waals surface area contributed by atoms with Crippen molar-refractivity contribution in [3.05, 3.63) is 122 Å². The van der Waals surface area contributed by atoms with Gasteiger partial charge in [0.05, 0.1) is 13.2 Å². The maximum absolute atomic E-state index is 12.7. The number of hydrogen-bond acceptors (Lipinski definition) is 8. The number of phosphoric acid groups is 1. The molecule has 79 heavy (non-hydrogen) atoms. The normalized spacial score (nSPS) is 13.8. The van der Waals surface area contributed by atoms with E-state index in [0.717, 1.165) is 109 Å². The second-order valence-electron chi connectivity index (χ2n) is 20.9. The SMILES string of the molecule is CC/C=C\C/C=C\C/C=C\C/C=C\C/C=C\C/C=C\C/C=C\C/C=C\C/C=C\CCCCCCCCCCCCCCCC(=O)OC(COC(=O)CCCCCCCCC/C=C\CCCCCCCC)COP(=O)(O)OCCN. The fraction of sp³-hybridized carbons (Fsp3) is 0.681. The Labute approximate surface area is 485 Å². The second kappa shape index (κ2) is 63.6. The van der Waals surface area contributed by atoms with E-state index >= 15 is 0 Å². The molecule has 0 amide bonds. The van der Waals surface area contributed by atoms with E-state index in [9.17, 15) is 19.0 Å². The van der Waals surface area contributed by atoms with E-state index in [4.69, 9.17) is 24.3 Å². The quantitative estimate of drug-likeness (QED) is 0.0264. The molecule has 0 aliphatic rings. The van der Waals surface area contributed by atoms with Gasteiger partial charge in [0.2, 0.25) is 0 Å². The smallest absolute Gasteiger partial charge is 0.462 e. The summed E-state index contributed by atoms with van der Waals surface area (Å²) >= 11 is 0. The molecule has 452 valence electrons. The average molecular weight is 1120 g/mol. The molecule has 0 heterocycles. The number of unbranched alkanes of at least 4 members (excludes halogenated alkanes) is 26. The highest BCUT2D eigenvalue weighted by atomic mass is 31.2. The van der Waals surface area contributed by atoms with Crippen LogP contribution in [0.15, 0.2) is 122 Å². The molecule has 0 radical (unpaired) electrons. The highest BCUT2D eigenvalue weighted by Crippen LogP contribution is 2.43. The van der Waals surface area contributed by atoms with Gasteiger partial charge >= 0.3 is 19.8 Å². The van der Waals surface area contributed by atoms with E-state index in [1.807, 2.05) is 0 Å². The first kappa shape index (κ1) is 75.4. The van der Waals surface area contributed by atoms with E-state index in [0.29, 0.717) is 6.42 Å². The second-order valence-corrected chi connectivity index (χ2v) is 22.3. The third kappa shape index (κ3) is 63.5. The predicted octanol–water partition coefficient (Wildman–Crippen LogP) is 20.7. The molecule has 0 saturated heterocycles. The molecule has 3 N–H and O–H groups in total. The summed E-state index contributed by atoms with van der Waals surface area (Å²) in [7, 11) is -4.39. The molecule has 0 spiro atoms. The Bertz CT molecular complexity index is 1710. The lowest BCUT2D eigenvalue weighted by molar-refractivity contribution is -0.161. The molecule has 0 aliphatic carbocycles. The molecule has 2 atom stereocenters. The van der Waals surface area contributed by atoms with Gasteiger partial charge in [-0.05, 0) is 109 Å². The van der Waals surface area contributed by atoms with Gasteiger partial charge < -0.3 is 20.1 Å². The van der Waals surface area contributed by atoms with Gasteiger partial charge in [-0.2, -0.15) is 0 Å². The van der Waals surface area contributed by atoms with Crippen molar-refractivity contribution in [2.45, 2.75) is 277 Å². The number of nitrogens with two attached hydrogens (primary N) is 1. The van der Waals surface area contributed by atoms with Gasteiger partial charge in [0, 0.05) is 19.4 Å². The van der Waals surface area contributed by atoms with Crippen LogP contribution in [0.1, 0.15) is 271 Å². The van der Waals surface area contributed by atoms with Crippen molar-refractivity contribution in [2.24, 2.45) is 5.73 Å². The van der Waals surface area contributed by atoms with E-state index in [-0.39, 0.29) is 38.6 Å². The summed E-state index contributed by atoms with van der Waals surface area (Å²) in [6.45, 7) is 3.63. The highest BCUT2D eigenvalue weighted by molar-refractivity contribution is 7.47. The molecule has 0 bridgehead atoms. The fourth-order valence-corrected chi connectivity index (χ4v) is 9.39. The van der Waals surface area contributed by atoms with Gasteiger partial charge in [0.15, 0.2) is 6.10 Å². The summed E-state index contributed by atoms with van der Waals surface area (Å²) < 4.78 is 33.1. The Morgan fingerprint density at radius 3 is 1.05 bits per heavy atom. The van der Waals surface area contributed by atoms with Gasteiger partial charge in [0.25, 0.3) is 0 Å². The number of phosphoric ester groups is 1. The van der Waals surface area contributed by atoms with E-state index in [1.54, 1.807) is 0 Å². The zero-order chi connectivity index (χ0) is 57.3. The van der Waals surface area contributed by atoms with Crippen LogP contribution < -0.4 is 5.73 Å². The Morgan fingerprint density at radius 2 is 0.696 bits per heavy atom. The van der Waals surface area contributed by atoms with Gasteiger partial charge in [-0.15, -0.1) is 0 Å².